The zero-order chi connectivity index (χ0) is 15.4. The van der Waals surface area contributed by atoms with E-state index in [1.807, 2.05) is 34.4 Å². The summed E-state index contributed by atoms with van der Waals surface area (Å²) < 4.78 is 1.82. The van der Waals surface area contributed by atoms with Gasteiger partial charge in [0.25, 0.3) is 0 Å². The second kappa shape index (κ2) is 6.65. The zero-order valence-electron chi connectivity index (χ0n) is 12.7. The largest absolute Gasteiger partial charge is 0.477 e. The quantitative estimate of drug-likeness (QED) is 0.926. The first-order valence-corrected chi connectivity index (χ1v) is 7.52. The van der Waals surface area contributed by atoms with Crippen LogP contribution in [0.2, 0.25) is 0 Å². The zero-order valence-corrected chi connectivity index (χ0v) is 12.7. The highest BCUT2D eigenvalue weighted by Crippen LogP contribution is 2.25. The molecular weight excluding hydrogens is 270 g/mol. The summed E-state index contributed by atoms with van der Waals surface area (Å²) in [5, 5.41) is 9.17. The summed E-state index contributed by atoms with van der Waals surface area (Å²) in [6.07, 6.45) is 3.40. The molecular formula is C15H23N3O3. The maximum absolute atomic E-state index is 12.3. The van der Waals surface area contributed by atoms with Crippen molar-refractivity contribution in [3.63, 3.8) is 0 Å². The van der Waals surface area contributed by atoms with E-state index in [4.69, 9.17) is 5.11 Å². The standard InChI is InChI=1S/C15H23N3O3/c1-3-16(4-2)15(21)17-10-7-12(8-11-17)18-9-5-6-13(18)14(19)20/h5-6,9,12H,3-4,7-8,10-11H2,1-2H3,(H,19,20). The molecule has 2 rings (SSSR count). The molecule has 1 fully saturated rings. The average Bonchev–Trinajstić information content (AvgIpc) is 2.98. The molecule has 116 valence electrons. The Morgan fingerprint density at radius 3 is 2.43 bits per heavy atom. The molecule has 1 aromatic heterocycles. The smallest absolute Gasteiger partial charge is 0.352 e. The maximum atomic E-state index is 12.3. The molecule has 6 heteroatoms. The number of carbonyl (C=O) groups is 2. The van der Waals surface area contributed by atoms with Gasteiger partial charge in [0.1, 0.15) is 5.69 Å². The molecule has 1 N–H and O–H groups in total. The van der Waals surface area contributed by atoms with Crippen molar-refractivity contribution in [1.29, 1.82) is 0 Å². The Labute approximate surface area is 124 Å². The number of nitrogens with zero attached hydrogens (tertiary/aromatic N) is 3. The van der Waals surface area contributed by atoms with Gasteiger partial charge < -0.3 is 19.5 Å². The molecule has 0 aliphatic carbocycles. The van der Waals surface area contributed by atoms with Crippen LogP contribution >= 0.6 is 0 Å². The van der Waals surface area contributed by atoms with Crippen molar-refractivity contribution >= 4 is 12.0 Å². The van der Waals surface area contributed by atoms with Gasteiger partial charge in [-0.2, -0.15) is 0 Å². The van der Waals surface area contributed by atoms with E-state index in [9.17, 15) is 9.59 Å². The van der Waals surface area contributed by atoms with E-state index in [1.165, 1.54) is 0 Å². The molecule has 0 spiro atoms. The molecule has 21 heavy (non-hydrogen) atoms. The van der Waals surface area contributed by atoms with Gasteiger partial charge in [0.2, 0.25) is 0 Å². The SMILES string of the molecule is CCN(CC)C(=O)N1CCC(n2cccc2C(=O)O)CC1. The van der Waals surface area contributed by atoms with Crippen molar-refractivity contribution in [1.82, 2.24) is 14.4 Å². The number of hydrogen-bond donors (Lipinski definition) is 1. The van der Waals surface area contributed by atoms with Gasteiger partial charge in [-0.3, -0.25) is 0 Å². The van der Waals surface area contributed by atoms with Crippen LogP contribution in [-0.4, -0.2) is 57.7 Å². The molecule has 6 nitrogen and oxygen atoms in total. The maximum Gasteiger partial charge on any atom is 0.352 e. The lowest BCUT2D eigenvalue weighted by molar-refractivity contribution is 0.0677. The fourth-order valence-electron chi connectivity index (χ4n) is 2.92. The van der Waals surface area contributed by atoms with Crippen molar-refractivity contribution < 1.29 is 14.7 Å². The van der Waals surface area contributed by atoms with Crippen LogP contribution in [0, 0.1) is 0 Å². The highest BCUT2D eigenvalue weighted by Gasteiger charge is 2.27. The monoisotopic (exact) mass is 293 g/mol. The summed E-state index contributed by atoms with van der Waals surface area (Å²) in [6.45, 7) is 6.75. The summed E-state index contributed by atoms with van der Waals surface area (Å²) >= 11 is 0. The lowest BCUT2D eigenvalue weighted by Crippen LogP contribution is -2.46. The van der Waals surface area contributed by atoms with E-state index in [0.717, 1.165) is 25.9 Å². The minimum Gasteiger partial charge on any atom is -0.477 e. The highest BCUT2D eigenvalue weighted by molar-refractivity contribution is 5.85. The molecule has 1 saturated heterocycles. The Kier molecular flexibility index (Phi) is 4.88. The van der Waals surface area contributed by atoms with Gasteiger partial charge in [-0.1, -0.05) is 0 Å². The number of aromatic nitrogens is 1. The summed E-state index contributed by atoms with van der Waals surface area (Å²) in [4.78, 5) is 27.1. The van der Waals surface area contributed by atoms with Gasteiger partial charge in [0.05, 0.1) is 0 Å². The van der Waals surface area contributed by atoms with Gasteiger partial charge in [0, 0.05) is 38.4 Å². The molecule has 0 saturated carbocycles. The fourth-order valence-corrected chi connectivity index (χ4v) is 2.92. The van der Waals surface area contributed by atoms with Crippen LogP contribution in [0.3, 0.4) is 0 Å². The van der Waals surface area contributed by atoms with Crippen LogP contribution in [0.5, 0.6) is 0 Å². The van der Waals surface area contributed by atoms with Gasteiger partial charge in [0.15, 0.2) is 0 Å². The van der Waals surface area contributed by atoms with Crippen molar-refractivity contribution in [3.05, 3.63) is 24.0 Å². The third-order valence-electron chi connectivity index (χ3n) is 4.16. The Hall–Kier alpha value is -1.98. The Morgan fingerprint density at radius 1 is 1.29 bits per heavy atom. The second-order valence-electron chi connectivity index (χ2n) is 5.28. The van der Waals surface area contributed by atoms with Crippen molar-refractivity contribution in [2.45, 2.75) is 32.7 Å². The lowest BCUT2D eigenvalue weighted by Gasteiger charge is -2.36. The number of likely N-dealkylation sites (tertiary alicyclic amines) is 1. The third kappa shape index (κ3) is 3.20. The van der Waals surface area contributed by atoms with Crippen LogP contribution in [-0.2, 0) is 0 Å². The molecule has 1 aliphatic rings. The molecule has 0 unspecified atom stereocenters. The Morgan fingerprint density at radius 2 is 1.90 bits per heavy atom. The van der Waals surface area contributed by atoms with Gasteiger partial charge >= 0.3 is 12.0 Å². The summed E-state index contributed by atoms with van der Waals surface area (Å²) in [7, 11) is 0. The molecule has 1 aliphatic heterocycles. The van der Waals surface area contributed by atoms with Crippen molar-refractivity contribution in [2.24, 2.45) is 0 Å². The van der Waals surface area contributed by atoms with E-state index in [-0.39, 0.29) is 12.1 Å². The Bertz CT molecular complexity index is 500. The number of carboxylic acids is 1. The molecule has 0 radical (unpaired) electrons. The molecule has 0 aromatic carbocycles. The second-order valence-corrected chi connectivity index (χ2v) is 5.28. The number of piperidine rings is 1. The van der Waals surface area contributed by atoms with E-state index < -0.39 is 5.97 Å². The first-order valence-electron chi connectivity index (χ1n) is 7.52. The molecule has 1 aromatic rings. The predicted molar refractivity (Wildman–Crippen MR) is 79.6 cm³/mol. The Balaban J connectivity index is 1.98. The number of amides is 2. The number of hydrogen-bond acceptors (Lipinski definition) is 2. The first kappa shape index (κ1) is 15.4. The summed E-state index contributed by atoms with van der Waals surface area (Å²) in [6, 6.07) is 3.63. The molecule has 0 bridgehead atoms. The van der Waals surface area contributed by atoms with E-state index >= 15 is 0 Å². The van der Waals surface area contributed by atoms with Gasteiger partial charge in [-0.15, -0.1) is 0 Å². The number of carbonyl (C=O) groups excluding carboxylic acids is 1. The summed E-state index contributed by atoms with van der Waals surface area (Å²) in [5.74, 6) is -0.901. The van der Waals surface area contributed by atoms with Crippen LogP contribution in [0.15, 0.2) is 18.3 Å². The highest BCUT2D eigenvalue weighted by atomic mass is 16.4. The summed E-state index contributed by atoms with van der Waals surface area (Å²) in [5.41, 5.74) is 0.323. The van der Waals surface area contributed by atoms with Crippen molar-refractivity contribution in [2.75, 3.05) is 26.2 Å². The normalized spacial score (nSPS) is 16.0. The minimum absolute atomic E-state index is 0.0874. The number of aromatic carboxylic acids is 1. The third-order valence-corrected chi connectivity index (χ3v) is 4.16. The van der Waals surface area contributed by atoms with Gasteiger partial charge in [-0.05, 0) is 38.8 Å². The van der Waals surface area contributed by atoms with Gasteiger partial charge in [-0.25, -0.2) is 9.59 Å². The van der Waals surface area contributed by atoms with Crippen LogP contribution < -0.4 is 0 Å². The number of carboxylic acid groups (broad SMARTS) is 1. The first-order chi connectivity index (χ1) is 10.1. The predicted octanol–water partition coefficient (Wildman–Crippen LogP) is 2.29. The minimum atomic E-state index is -0.901. The van der Waals surface area contributed by atoms with E-state index in [0.29, 0.717) is 18.8 Å². The lowest BCUT2D eigenvalue weighted by atomic mass is 10.0. The van der Waals surface area contributed by atoms with Crippen LogP contribution in [0.1, 0.15) is 43.2 Å². The van der Waals surface area contributed by atoms with Crippen molar-refractivity contribution in [3.8, 4) is 0 Å². The van der Waals surface area contributed by atoms with Crippen LogP contribution in [0.4, 0.5) is 4.79 Å². The molecule has 0 atom stereocenters. The fraction of sp³-hybridized carbons (Fsp3) is 0.600. The number of urea groups is 1. The molecule has 2 heterocycles. The average molecular weight is 293 g/mol. The van der Waals surface area contributed by atoms with E-state index in [2.05, 4.69) is 0 Å². The van der Waals surface area contributed by atoms with Crippen LogP contribution in [0.25, 0.3) is 0 Å². The van der Waals surface area contributed by atoms with E-state index in [1.54, 1.807) is 12.1 Å². The molecule has 2 amide bonds. The number of rotatable bonds is 4. The topological polar surface area (TPSA) is 65.8 Å².